The zero-order chi connectivity index (χ0) is 15.6. The maximum Gasteiger partial charge on any atom is 0.288 e. The molecule has 0 saturated carbocycles. The first-order valence-corrected chi connectivity index (χ1v) is 7.61. The number of nitro benzene ring substituents is 1. The van der Waals surface area contributed by atoms with Gasteiger partial charge >= 0.3 is 0 Å². The average Bonchev–Trinajstić information content (AvgIpc) is 2.39. The summed E-state index contributed by atoms with van der Waals surface area (Å²) < 4.78 is 0. The molecule has 0 aliphatic carbocycles. The maximum atomic E-state index is 10.9. The summed E-state index contributed by atoms with van der Waals surface area (Å²) in [6, 6.07) is 3.54. The third-order valence-electron chi connectivity index (χ3n) is 4.32. The van der Waals surface area contributed by atoms with Gasteiger partial charge in [-0.15, -0.1) is 0 Å². The third kappa shape index (κ3) is 3.66. The van der Waals surface area contributed by atoms with Gasteiger partial charge in [0.05, 0.1) is 4.92 Å². The van der Waals surface area contributed by atoms with Crippen LogP contribution in [-0.2, 0) is 0 Å². The minimum Gasteiger partial charge on any atom is -0.383 e. The molecule has 0 bridgehead atoms. The van der Waals surface area contributed by atoms with Crippen molar-refractivity contribution in [2.45, 2.75) is 39.7 Å². The highest BCUT2D eigenvalue weighted by atomic mass is 35.5. The van der Waals surface area contributed by atoms with E-state index in [1.807, 2.05) is 6.92 Å². The molecule has 1 aromatic rings. The lowest BCUT2D eigenvalue weighted by Crippen LogP contribution is -2.50. The van der Waals surface area contributed by atoms with Crippen LogP contribution in [-0.4, -0.2) is 24.1 Å². The summed E-state index contributed by atoms with van der Waals surface area (Å²) in [7, 11) is 0. The molecule has 0 amide bonds. The van der Waals surface area contributed by atoms with Gasteiger partial charge < -0.3 is 10.6 Å². The van der Waals surface area contributed by atoms with Crippen LogP contribution in [0.15, 0.2) is 12.1 Å². The molecular formula is C15H22ClN3O2. The zero-order valence-corrected chi connectivity index (χ0v) is 13.5. The van der Waals surface area contributed by atoms with Gasteiger partial charge in [-0.05, 0) is 43.4 Å². The second-order valence-corrected chi connectivity index (χ2v) is 6.76. The molecule has 0 spiro atoms. The smallest absolute Gasteiger partial charge is 0.288 e. The Balaban J connectivity index is 2.10. The minimum absolute atomic E-state index is 0.0455. The number of nitrogens with zero attached hydrogens (tertiary/aromatic N) is 1. The lowest BCUT2D eigenvalue weighted by molar-refractivity contribution is -0.384. The zero-order valence-electron chi connectivity index (χ0n) is 12.7. The molecule has 1 aliphatic rings. The maximum absolute atomic E-state index is 10.9. The number of anilines is 1. The number of nitro groups is 1. The van der Waals surface area contributed by atoms with E-state index < -0.39 is 4.92 Å². The number of aryl methyl sites for hydroxylation is 1. The first kappa shape index (κ1) is 16.0. The molecule has 1 fully saturated rings. The first-order valence-electron chi connectivity index (χ1n) is 7.23. The van der Waals surface area contributed by atoms with Gasteiger partial charge in [0.25, 0.3) is 5.69 Å². The average molecular weight is 312 g/mol. The quantitative estimate of drug-likeness (QED) is 0.656. The molecule has 5 nitrogen and oxygen atoms in total. The van der Waals surface area contributed by atoms with Gasteiger partial charge in [-0.25, -0.2) is 0 Å². The molecule has 116 valence electrons. The van der Waals surface area contributed by atoms with E-state index in [4.69, 9.17) is 11.6 Å². The number of hydrogen-bond donors (Lipinski definition) is 2. The fourth-order valence-electron chi connectivity index (χ4n) is 2.83. The molecule has 1 aliphatic heterocycles. The molecule has 2 rings (SSSR count). The highest BCUT2D eigenvalue weighted by molar-refractivity contribution is 6.33. The van der Waals surface area contributed by atoms with Crippen molar-refractivity contribution in [2.24, 2.45) is 5.41 Å². The van der Waals surface area contributed by atoms with Crippen molar-refractivity contribution in [2.75, 3.05) is 18.4 Å². The Labute approximate surface area is 130 Å². The van der Waals surface area contributed by atoms with Gasteiger partial charge in [0.1, 0.15) is 5.02 Å². The Hall–Kier alpha value is -1.33. The van der Waals surface area contributed by atoms with E-state index in [-0.39, 0.29) is 16.1 Å². The molecular weight excluding hydrogens is 290 g/mol. The molecule has 1 unspecified atom stereocenters. The summed E-state index contributed by atoms with van der Waals surface area (Å²) in [5.41, 5.74) is 1.88. The second-order valence-electron chi connectivity index (χ2n) is 6.36. The predicted molar refractivity (Wildman–Crippen MR) is 86.1 cm³/mol. The van der Waals surface area contributed by atoms with E-state index in [2.05, 4.69) is 24.5 Å². The SMILES string of the molecule is Cc1cc([N+](=O)[O-])c(Cl)cc1NCC1NCCCC1(C)C. The summed E-state index contributed by atoms with van der Waals surface area (Å²) >= 11 is 5.98. The summed E-state index contributed by atoms with van der Waals surface area (Å²) in [6.45, 7) is 8.20. The molecule has 0 aromatic heterocycles. The molecule has 0 radical (unpaired) electrons. The van der Waals surface area contributed by atoms with Gasteiger partial charge in [0.15, 0.2) is 0 Å². The molecule has 1 atom stereocenters. The fraction of sp³-hybridized carbons (Fsp3) is 0.600. The number of rotatable bonds is 4. The van der Waals surface area contributed by atoms with Gasteiger partial charge in [0, 0.05) is 24.3 Å². The van der Waals surface area contributed by atoms with Crippen LogP contribution in [0.2, 0.25) is 5.02 Å². The Morgan fingerprint density at radius 2 is 2.24 bits per heavy atom. The second kappa shape index (κ2) is 6.20. The van der Waals surface area contributed by atoms with Gasteiger partial charge in [0.2, 0.25) is 0 Å². The standard InChI is InChI=1S/C15H22ClN3O2/c1-10-7-13(19(20)21)11(16)8-12(10)18-9-14-15(2,3)5-4-6-17-14/h7-8,14,17-18H,4-6,9H2,1-3H3. The summed E-state index contributed by atoms with van der Waals surface area (Å²) in [6.07, 6.45) is 2.40. The Bertz CT molecular complexity index is 546. The molecule has 21 heavy (non-hydrogen) atoms. The van der Waals surface area contributed by atoms with Crippen LogP contribution in [0.3, 0.4) is 0 Å². The van der Waals surface area contributed by atoms with Crippen molar-refractivity contribution in [3.63, 3.8) is 0 Å². The van der Waals surface area contributed by atoms with Crippen molar-refractivity contribution < 1.29 is 4.92 Å². The number of halogens is 1. The number of hydrogen-bond acceptors (Lipinski definition) is 4. The van der Waals surface area contributed by atoms with Crippen molar-refractivity contribution in [1.82, 2.24) is 5.32 Å². The lowest BCUT2D eigenvalue weighted by atomic mass is 9.77. The van der Waals surface area contributed by atoms with Gasteiger partial charge in [-0.2, -0.15) is 0 Å². The van der Waals surface area contributed by atoms with Gasteiger partial charge in [-0.1, -0.05) is 25.4 Å². The van der Waals surface area contributed by atoms with E-state index >= 15 is 0 Å². The summed E-state index contributed by atoms with van der Waals surface area (Å²) in [5, 5.41) is 18.0. The van der Waals surface area contributed by atoms with E-state index in [1.54, 1.807) is 6.07 Å². The highest BCUT2D eigenvalue weighted by Crippen LogP contribution is 2.33. The molecule has 1 heterocycles. The first-order chi connectivity index (χ1) is 9.81. The van der Waals surface area contributed by atoms with Crippen LogP contribution < -0.4 is 10.6 Å². The highest BCUT2D eigenvalue weighted by Gasteiger charge is 2.31. The predicted octanol–water partition coefficient (Wildman–Crippen LogP) is 3.75. The number of nitrogens with one attached hydrogen (secondary N) is 2. The normalized spacial score (nSPS) is 21.0. The van der Waals surface area contributed by atoms with Crippen LogP contribution in [0.4, 0.5) is 11.4 Å². The Morgan fingerprint density at radius 1 is 1.52 bits per heavy atom. The molecule has 1 saturated heterocycles. The monoisotopic (exact) mass is 311 g/mol. The number of piperidine rings is 1. The van der Waals surface area contributed by atoms with E-state index in [9.17, 15) is 10.1 Å². The molecule has 2 N–H and O–H groups in total. The van der Waals surface area contributed by atoms with Crippen molar-refractivity contribution >= 4 is 23.0 Å². The topological polar surface area (TPSA) is 67.2 Å². The van der Waals surface area contributed by atoms with Crippen molar-refractivity contribution in [3.8, 4) is 0 Å². The molecule has 6 heteroatoms. The van der Waals surface area contributed by atoms with Gasteiger partial charge in [-0.3, -0.25) is 10.1 Å². The summed E-state index contributed by atoms with van der Waals surface area (Å²) in [4.78, 5) is 10.4. The minimum atomic E-state index is -0.453. The van der Waals surface area contributed by atoms with Crippen LogP contribution >= 0.6 is 11.6 Å². The van der Waals surface area contributed by atoms with Crippen molar-refractivity contribution in [3.05, 3.63) is 32.8 Å². The van der Waals surface area contributed by atoms with E-state index in [0.29, 0.717) is 6.04 Å². The van der Waals surface area contributed by atoms with Crippen LogP contribution in [0.25, 0.3) is 0 Å². The molecule has 1 aromatic carbocycles. The summed E-state index contributed by atoms with van der Waals surface area (Å²) in [5.74, 6) is 0. The third-order valence-corrected chi connectivity index (χ3v) is 4.62. The van der Waals surface area contributed by atoms with E-state index in [1.165, 1.54) is 18.9 Å². The Kier molecular flexibility index (Phi) is 4.74. The van der Waals surface area contributed by atoms with E-state index in [0.717, 1.165) is 24.3 Å². The van der Waals surface area contributed by atoms with Crippen molar-refractivity contribution in [1.29, 1.82) is 0 Å². The van der Waals surface area contributed by atoms with Crippen LogP contribution in [0, 0.1) is 22.5 Å². The Morgan fingerprint density at radius 3 is 2.86 bits per heavy atom. The largest absolute Gasteiger partial charge is 0.383 e. The van der Waals surface area contributed by atoms with Crippen LogP contribution in [0.5, 0.6) is 0 Å². The fourth-order valence-corrected chi connectivity index (χ4v) is 3.06. The lowest BCUT2D eigenvalue weighted by Gasteiger charge is -2.39. The van der Waals surface area contributed by atoms with Crippen LogP contribution in [0.1, 0.15) is 32.3 Å². The number of benzene rings is 1.